The summed E-state index contributed by atoms with van der Waals surface area (Å²) in [7, 11) is 1.52. The third-order valence-electron chi connectivity index (χ3n) is 4.12. The number of benzene rings is 1. The largest absolute Gasteiger partial charge is 0.496 e. The van der Waals surface area contributed by atoms with Crippen LogP contribution in [0, 0.1) is 5.92 Å². The molecule has 0 aromatic heterocycles. The number of amides is 1. The lowest BCUT2D eigenvalue weighted by atomic mass is 9.90. The van der Waals surface area contributed by atoms with Crippen molar-refractivity contribution in [2.75, 3.05) is 25.9 Å². The Kier molecular flexibility index (Phi) is 4.96. The van der Waals surface area contributed by atoms with Crippen LogP contribution in [0.3, 0.4) is 0 Å². The molecule has 1 unspecified atom stereocenters. The molecular formula is C15H22ClN3O2. The zero-order valence-electron chi connectivity index (χ0n) is 12.4. The van der Waals surface area contributed by atoms with E-state index in [4.69, 9.17) is 27.8 Å². The van der Waals surface area contributed by atoms with Gasteiger partial charge in [-0.1, -0.05) is 11.6 Å². The highest BCUT2D eigenvalue weighted by Crippen LogP contribution is 2.31. The van der Waals surface area contributed by atoms with Gasteiger partial charge in [-0.05, 0) is 31.7 Å². The number of nitrogen functional groups attached to an aromatic ring is 1. The Morgan fingerprint density at radius 3 is 2.57 bits per heavy atom. The summed E-state index contributed by atoms with van der Waals surface area (Å²) in [5.41, 5.74) is 12.5. The first-order chi connectivity index (χ1) is 9.93. The van der Waals surface area contributed by atoms with Crippen LogP contribution in [-0.2, 0) is 0 Å². The van der Waals surface area contributed by atoms with Crippen LogP contribution in [0.1, 0.15) is 30.1 Å². The number of nitrogens with two attached hydrogens (primary N) is 2. The molecule has 1 fully saturated rings. The molecule has 2 rings (SSSR count). The van der Waals surface area contributed by atoms with Crippen molar-refractivity contribution >= 4 is 23.2 Å². The molecule has 1 aliphatic heterocycles. The number of anilines is 1. The van der Waals surface area contributed by atoms with E-state index in [0.29, 0.717) is 41.0 Å². The Morgan fingerprint density at radius 2 is 2.05 bits per heavy atom. The van der Waals surface area contributed by atoms with Gasteiger partial charge in [0.2, 0.25) is 0 Å². The van der Waals surface area contributed by atoms with E-state index in [9.17, 15) is 4.79 Å². The molecule has 21 heavy (non-hydrogen) atoms. The maximum Gasteiger partial charge on any atom is 0.257 e. The second-order valence-corrected chi connectivity index (χ2v) is 5.97. The number of rotatable bonds is 3. The Bertz CT molecular complexity index is 526. The highest BCUT2D eigenvalue weighted by atomic mass is 35.5. The second kappa shape index (κ2) is 6.54. The first-order valence-electron chi connectivity index (χ1n) is 7.12. The Labute approximate surface area is 130 Å². The molecular weight excluding hydrogens is 290 g/mol. The fraction of sp³-hybridized carbons (Fsp3) is 0.533. The lowest BCUT2D eigenvalue weighted by Crippen LogP contribution is -2.42. The lowest BCUT2D eigenvalue weighted by molar-refractivity contribution is 0.0677. The van der Waals surface area contributed by atoms with Gasteiger partial charge in [0, 0.05) is 25.2 Å². The molecule has 0 saturated carbocycles. The van der Waals surface area contributed by atoms with Crippen molar-refractivity contribution in [1.29, 1.82) is 0 Å². The molecule has 1 atom stereocenters. The standard InChI is InChI=1S/C15H22ClN3O2/c1-9(17)10-3-5-19(6-4-10)15(20)11-7-12(16)13(18)8-14(11)21-2/h7-10H,3-6,17-18H2,1-2H3. The van der Waals surface area contributed by atoms with Gasteiger partial charge in [-0.2, -0.15) is 0 Å². The molecule has 5 nitrogen and oxygen atoms in total. The van der Waals surface area contributed by atoms with Crippen molar-refractivity contribution in [2.45, 2.75) is 25.8 Å². The molecule has 1 amide bonds. The molecule has 0 radical (unpaired) electrons. The minimum atomic E-state index is -0.0723. The van der Waals surface area contributed by atoms with Crippen LogP contribution in [0.4, 0.5) is 5.69 Å². The number of piperidine rings is 1. The quantitative estimate of drug-likeness (QED) is 0.838. The van der Waals surface area contributed by atoms with Gasteiger partial charge in [-0.3, -0.25) is 4.79 Å². The molecule has 4 N–H and O–H groups in total. The van der Waals surface area contributed by atoms with Crippen molar-refractivity contribution in [3.63, 3.8) is 0 Å². The second-order valence-electron chi connectivity index (χ2n) is 5.56. The molecule has 0 bridgehead atoms. The highest BCUT2D eigenvalue weighted by molar-refractivity contribution is 6.33. The number of hydrogen-bond donors (Lipinski definition) is 2. The summed E-state index contributed by atoms with van der Waals surface area (Å²) in [5, 5.41) is 0.365. The molecule has 1 aromatic carbocycles. The SMILES string of the molecule is COc1cc(N)c(Cl)cc1C(=O)N1CCC(C(C)N)CC1. The summed E-state index contributed by atoms with van der Waals surface area (Å²) in [5.74, 6) is 0.860. The van der Waals surface area contributed by atoms with Gasteiger partial charge in [0.25, 0.3) is 5.91 Å². The van der Waals surface area contributed by atoms with Crippen LogP contribution in [0.25, 0.3) is 0 Å². The summed E-state index contributed by atoms with van der Waals surface area (Å²) in [6.07, 6.45) is 1.85. The van der Waals surface area contributed by atoms with E-state index >= 15 is 0 Å². The predicted molar refractivity (Wildman–Crippen MR) is 84.7 cm³/mol. The van der Waals surface area contributed by atoms with E-state index in [1.54, 1.807) is 12.1 Å². The fourth-order valence-electron chi connectivity index (χ4n) is 2.70. The summed E-state index contributed by atoms with van der Waals surface area (Å²) < 4.78 is 5.25. The zero-order valence-corrected chi connectivity index (χ0v) is 13.2. The summed E-state index contributed by atoms with van der Waals surface area (Å²) in [6.45, 7) is 3.43. The lowest BCUT2D eigenvalue weighted by Gasteiger charge is -2.34. The Morgan fingerprint density at radius 1 is 1.43 bits per heavy atom. The van der Waals surface area contributed by atoms with Gasteiger partial charge in [-0.25, -0.2) is 0 Å². The number of halogens is 1. The van der Waals surface area contributed by atoms with Crippen LogP contribution >= 0.6 is 11.6 Å². The van der Waals surface area contributed by atoms with Crippen molar-refractivity contribution in [1.82, 2.24) is 4.90 Å². The average molecular weight is 312 g/mol. The number of hydrogen-bond acceptors (Lipinski definition) is 4. The van der Waals surface area contributed by atoms with Gasteiger partial charge >= 0.3 is 0 Å². The van der Waals surface area contributed by atoms with Gasteiger partial charge in [0.1, 0.15) is 5.75 Å². The number of carbonyl (C=O) groups excluding carboxylic acids is 1. The van der Waals surface area contributed by atoms with Crippen molar-refractivity contribution in [3.8, 4) is 5.75 Å². The van der Waals surface area contributed by atoms with Crippen LogP contribution in [0.5, 0.6) is 5.75 Å². The minimum Gasteiger partial charge on any atom is -0.496 e. The average Bonchev–Trinajstić information content (AvgIpc) is 2.49. The molecule has 1 aromatic rings. The van der Waals surface area contributed by atoms with Gasteiger partial charge in [-0.15, -0.1) is 0 Å². The zero-order chi connectivity index (χ0) is 15.6. The van der Waals surface area contributed by atoms with Gasteiger partial charge in [0.15, 0.2) is 0 Å². The number of carbonyl (C=O) groups is 1. The maximum absolute atomic E-state index is 12.6. The molecule has 1 aliphatic rings. The van der Waals surface area contributed by atoms with Crippen LogP contribution in [0.15, 0.2) is 12.1 Å². The van der Waals surface area contributed by atoms with Crippen LogP contribution in [-0.4, -0.2) is 37.0 Å². The first kappa shape index (κ1) is 15.9. The first-order valence-corrected chi connectivity index (χ1v) is 7.49. The third kappa shape index (κ3) is 3.41. The van der Waals surface area contributed by atoms with Crippen molar-refractivity contribution in [3.05, 3.63) is 22.7 Å². The number of methoxy groups -OCH3 is 1. The van der Waals surface area contributed by atoms with E-state index < -0.39 is 0 Å². The smallest absolute Gasteiger partial charge is 0.257 e. The van der Waals surface area contributed by atoms with E-state index in [-0.39, 0.29) is 11.9 Å². The number of ether oxygens (including phenoxy) is 1. The Hall–Kier alpha value is -1.46. The fourth-order valence-corrected chi connectivity index (χ4v) is 2.87. The monoisotopic (exact) mass is 311 g/mol. The van der Waals surface area contributed by atoms with Crippen molar-refractivity contribution < 1.29 is 9.53 Å². The number of likely N-dealkylation sites (tertiary alicyclic amines) is 1. The maximum atomic E-state index is 12.6. The van der Waals surface area contributed by atoms with Crippen molar-refractivity contribution in [2.24, 2.45) is 11.7 Å². The summed E-state index contributed by atoms with van der Waals surface area (Å²) >= 11 is 6.02. The molecule has 0 aliphatic carbocycles. The minimum absolute atomic E-state index is 0.0723. The summed E-state index contributed by atoms with van der Waals surface area (Å²) in [4.78, 5) is 14.5. The van der Waals surface area contributed by atoms with Crippen LogP contribution in [0.2, 0.25) is 5.02 Å². The number of nitrogens with zero attached hydrogens (tertiary/aromatic N) is 1. The molecule has 1 saturated heterocycles. The molecule has 0 spiro atoms. The van der Waals surface area contributed by atoms with Gasteiger partial charge in [0.05, 0.1) is 23.4 Å². The predicted octanol–water partition coefficient (Wildman–Crippen LogP) is 2.13. The third-order valence-corrected chi connectivity index (χ3v) is 4.45. The highest BCUT2D eigenvalue weighted by Gasteiger charge is 2.27. The molecule has 1 heterocycles. The van der Waals surface area contributed by atoms with E-state index in [0.717, 1.165) is 12.8 Å². The van der Waals surface area contributed by atoms with Gasteiger partial charge < -0.3 is 21.1 Å². The van der Waals surface area contributed by atoms with E-state index in [2.05, 4.69) is 0 Å². The normalized spacial score (nSPS) is 17.6. The summed E-state index contributed by atoms with van der Waals surface area (Å²) in [6, 6.07) is 3.34. The Balaban J connectivity index is 2.16. The molecule has 116 valence electrons. The molecule has 6 heteroatoms. The van der Waals surface area contributed by atoms with E-state index in [1.807, 2.05) is 11.8 Å². The topological polar surface area (TPSA) is 81.6 Å². The van der Waals surface area contributed by atoms with Crippen LogP contribution < -0.4 is 16.2 Å². The van der Waals surface area contributed by atoms with E-state index in [1.165, 1.54) is 7.11 Å².